The number of furan rings is 1. The summed E-state index contributed by atoms with van der Waals surface area (Å²) in [6.45, 7) is 1.43. The number of aryl methyl sites for hydroxylation is 1. The molecule has 0 spiro atoms. The molecule has 2 rings (SSSR count). The number of rotatable bonds is 3. The molecule has 0 saturated carbocycles. The topological polar surface area (TPSA) is 57.2 Å². The van der Waals surface area contributed by atoms with E-state index in [0.29, 0.717) is 12.8 Å². The maximum Gasteiger partial charge on any atom is 0.223 e. The summed E-state index contributed by atoms with van der Waals surface area (Å²) in [7, 11) is 0. The van der Waals surface area contributed by atoms with Gasteiger partial charge >= 0.3 is 0 Å². The predicted octanol–water partition coefficient (Wildman–Crippen LogP) is 1.97. The lowest BCUT2D eigenvalue weighted by molar-refractivity contribution is -0.132. The monoisotopic (exact) mass is 232 g/mol. The van der Waals surface area contributed by atoms with Gasteiger partial charge in [0.05, 0.1) is 12.3 Å². The Morgan fingerprint density at radius 1 is 1.53 bits per heavy atom. The lowest BCUT2D eigenvalue weighted by atomic mass is 9.98. The predicted molar refractivity (Wildman–Crippen MR) is 61.9 cm³/mol. The summed E-state index contributed by atoms with van der Waals surface area (Å²) in [6, 6.07) is 5.98. The summed E-state index contributed by atoms with van der Waals surface area (Å²) >= 11 is 0. The minimum absolute atomic E-state index is 0.129. The molecule has 1 aromatic rings. The molecule has 90 valence electrons. The van der Waals surface area contributed by atoms with Crippen molar-refractivity contribution < 1.29 is 9.21 Å². The highest BCUT2D eigenvalue weighted by Crippen LogP contribution is 2.17. The fourth-order valence-corrected chi connectivity index (χ4v) is 2.10. The molecule has 1 aromatic heterocycles. The van der Waals surface area contributed by atoms with Gasteiger partial charge in [0, 0.05) is 31.8 Å². The Balaban J connectivity index is 1.76. The molecule has 2 heterocycles. The van der Waals surface area contributed by atoms with Gasteiger partial charge in [0.2, 0.25) is 5.91 Å². The summed E-state index contributed by atoms with van der Waals surface area (Å²) in [6.07, 6.45) is 4.39. The van der Waals surface area contributed by atoms with Crippen LogP contribution in [0.2, 0.25) is 0 Å². The Kier molecular flexibility index (Phi) is 3.81. The van der Waals surface area contributed by atoms with Crippen molar-refractivity contribution in [3.05, 3.63) is 24.2 Å². The van der Waals surface area contributed by atoms with Crippen molar-refractivity contribution in [3.8, 4) is 6.07 Å². The van der Waals surface area contributed by atoms with E-state index in [1.807, 2.05) is 17.0 Å². The third kappa shape index (κ3) is 3.10. The molecule has 0 unspecified atom stereocenters. The van der Waals surface area contributed by atoms with E-state index in [9.17, 15) is 4.79 Å². The number of nitrogens with zero attached hydrogens (tertiary/aromatic N) is 2. The molecule has 0 aliphatic carbocycles. The average Bonchev–Trinajstić information content (AvgIpc) is 2.89. The van der Waals surface area contributed by atoms with E-state index in [1.54, 1.807) is 6.26 Å². The SMILES string of the molecule is N#CC1CCN(C(=O)CCc2ccco2)CC1. The molecule has 4 nitrogen and oxygen atoms in total. The zero-order valence-electron chi connectivity index (χ0n) is 9.76. The molecular formula is C13H16N2O2. The minimum atomic E-state index is 0.129. The van der Waals surface area contributed by atoms with Crippen LogP contribution in [-0.2, 0) is 11.2 Å². The summed E-state index contributed by atoms with van der Waals surface area (Å²) in [4.78, 5) is 13.7. The van der Waals surface area contributed by atoms with Crippen molar-refractivity contribution in [1.82, 2.24) is 4.90 Å². The highest BCUT2D eigenvalue weighted by atomic mass is 16.3. The van der Waals surface area contributed by atoms with Gasteiger partial charge in [-0.1, -0.05) is 0 Å². The summed E-state index contributed by atoms with van der Waals surface area (Å²) in [5.41, 5.74) is 0. The second-order valence-electron chi connectivity index (χ2n) is 4.36. The molecular weight excluding hydrogens is 216 g/mol. The van der Waals surface area contributed by atoms with Gasteiger partial charge in [-0.05, 0) is 25.0 Å². The summed E-state index contributed by atoms with van der Waals surface area (Å²) in [5, 5.41) is 8.78. The van der Waals surface area contributed by atoms with Crippen LogP contribution < -0.4 is 0 Å². The highest BCUT2D eigenvalue weighted by Gasteiger charge is 2.22. The summed E-state index contributed by atoms with van der Waals surface area (Å²) < 4.78 is 5.19. The van der Waals surface area contributed by atoms with Gasteiger partial charge in [0.1, 0.15) is 5.76 Å². The van der Waals surface area contributed by atoms with Crippen molar-refractivity contribution in [2.45, 2.75) is 25.7 Å². The Bertz CT molecular complexity index is 398. The van der Waals surface area contributed by atoms with Crippen molar-refractivity contribution in [3.63, 3.8) is 0 Å². The highest BCUT2D eigenvalue weighted by molar-refractivity contribution is 5.76. The number of likely N-dealkylation sites (tertiary alicyclic amines) is 1. The zero-order valence-corrected chi connectivity index (χ0v) is 9.76. The first kappa shape index (κ1) is 11.7. The number of carbonyl (C=O) groups is 1. The van der Waals surface area contributed by atoms with Crippen molar-refractivity contribution in [2.24, 2.45) is 5.92 Å². The molecule has 1 aliphatic heterocycles. The molecule has 0 atom stereocenters. The first-order valence-corrected chi connectivity index (χ1v) is 5.99. The Labute approximate surface area is 101 Å². The van der Waals surface area contributed by atoms with E-state index < -0.39 is 0 Å². The smallest absolute Gasteiger partial charge is 0.223 e. The number of hydrogen-bond donors (Lipinski definition) is 0. The molecule has 4 heteroatoms. The molecule has 1 fully saturated rings. The Morgan fingerprint density at radius 2 is 2.29 bits per heavy atom. The van der Waals surface area contributed by atoms with Crippen molar-refractivity contribution >= 4 is 5.91 Å². The van der Waals surface area contributed by atoms with Crippen LogP contribution in [-0.4, -0.2) is 23.9 Å². The first-order valence-electron chi connectivity index (χ1n) is 5.99. The molecule has 1 aliphatic rings. The van der Waals surface area contributed by atoms with E-state index in [4.69, 9.17) is 9.68 Å². The molecule has 17 heavy (non-hydrogen) atoms. The number of piperidine rings is 1. The van der Waals surface area contributed by atoms with Crippen molar-refractivity contribution in [2.75, 3.05) is 13.1 Å². The fourth-order valence-electron chi connectivity index (χ4n) is 2.10. The van der Waals surface area contributed by atoms with Crippen molar-refractivity contribution in [1.29, 1.82) is 5.26 Å². The second kappa shape index (κ2) is 5.53. The lowest BCUT2D eigenvalue weighted by Gasteiger charge is -2.29. The number of carbonyl (C=O) groups excluding carboxylic acids is 1. The average molecular weight is 232 g/mol. The second-order valence-corrected chi connectivity index (χ2v) is 4.36. The van der Waals surface area contributed by atoms with Crippen LogP contribution in [0.1, 0.15) is 25.0 Å². The zero-order chi connectivity index (χ0) is 12.1. The van der Waals surface area contributed by atoms with Crippen LogP contribution in [0.25, 0.3) is 0 Å². The standard InChI is InChI=1S/C13H16N2O2/c14-10-11-5-7-15(8-6-11)13(16)4-3-12-2-1-9-17-12/h1-2,9,11H,3-8H2. The largest absolute Gasteiger partial charge is 0.469 e. The van der Waals surface area contributed by atoms with Gasteiger partial charge < -0.3 is 9.32 Å². The Morgan fingerprint density at radius 3 is 2.88 bits per heavy atom. The lowest BCUT2D eigenvalue weighted by Crippen LogP contribution is -2.38. The van der Waals surface area contributed by atoms with E-state index in [1.165, 1.54) is 0 Å². The first-order chi connectivity index (χ1) is 8.29. The molecule has 1 amide bonds. The number of amides is 1. The van der Waals surface area contributed by atoms with Crippen LogP contribution in [0.4, 0.5) is 0 Å². The molecule has 1 saturated heterocycles. The van der Waals surface area contributed by atoms with Gasteiger partial charge in [-0.2, -0.15) is 5.26 Å². The van der Waals surface area contributed by atoms with Gasteiger partial charge in [0.15, 0.2) is 0 Å². The normalized spacial score (nSPS) is 16.8. The maximum absolute atomic E-state index is 11.9. The Hall–Kier alpha value is -1.76. The van der Waals surface area contributed by atoms with Crippen LogP contribution in [0.15, 0.2) is 22.8 Å². The van der Waals surface area contributed by atoms with Gasteiger partial charge in [-0.25, -0.2) is 0 Å². The van der Waals surface area contributed by atoms with E-state index in [0.717, 1.165) is 31.7 Å². The molecule has 0 N–H and O–H groups in total. The van der Waals surface area contributed by atoms with Gasteiger partial charge in [-0.3, -0.25) is 4.79 Å². The van der Waals surface area contributed by atoms with Gasteiger partial charge in [-0.15, -0.1) is 0 Å². The minimum Gasteiger partial charge on any atom is -0.469 e. The van der Waals surface area contributed by atoms with E-state index in [2.05, 4.69) is 6.07 Å². The molecule has 0 aromatic carbocycles. The third-order valence-corrected chi connectivity index (χ3v) is 3.20. The third-order valence-electron chi connectivity index (χ3n) is 3.20. The van der Waals surface area contributed by atoms with Crippen LogP contribution in [0, 0.1) is 17.2 Å². The number of hydrogen-bond acceptors (Lipinski definition) is 3. The quantitative estimate of drug-likeness (QED) is 0.800. The molecule has 0 radical (unpaired) electrons. The maximum atomic E-state index is 11.9. The van der Waals surface area contributed by atoms with Crippen LogP contribution in [0.3, 0.4) is 0 Å². The number of nitriles is 1. The van der Waals surface area contributed by atoms with E-state index in [-0.39, 0.29) is 11.8 Å². The fraction of sp³-hybridized carbons (Fsp3) is 0.538. The van der Waals surface area contributed by atoms with Crippen LogP contribution >= 0.6 is 0 Å². The summed E-state index contributed by atoms with van der Waals surface area (Å²) in [5.74, 6) is 1.15. The molecule has 0 bridgehead atoms. The van der Waals surface area contributed by atoms with Crippen LogP contribution in [0.5, 0.6) is 0 Å². The van der Waals surface area contributed by atoms with Gasteiger partial charge in [0.25, 0.3) is 0 Å². The van der Waals surface area contributed by atoms with E-state index >= 15 is 0 Å².